The molecule has 1 spiro atoms. The van der Waals surface area contributed by atoms with Crippen molar-refractivity contribution in [1.29, 1.82) is 0 Å². The van der Waals surface area contributed by atoms with Crippen molar-refractivity contribution >= 4 is 17.5 Å². The number of carbonyl (C=O) groups is 2. The van der Waals surface area contributed by atoms with Gasteiger partial charge in [0, 0.05) is 32.2 Å². The van der Waals surface area contributed by atoms with Crippen molar-refractivity contribution in [3.63, 3.8) is 0 Å². The Bertz CT molecular complexity index is 859. The van der Waals surface area contributed by atoms with Crippen LogP contribution in [0.4, 0.5) is 5.69 Å². The van der Waals surface area contributed by atoms with Gasteiger partial charge < -0.3 is 14.3 Å². The fourth-order valence-electron chi connectivity index (χ4n) is 4.36. The molecule has 0 N–H and O–H groups in total. The Labute approximate surface area is 152 Å². The van der Waals surface area contributed by atoms with Crippen molar-refractivity contribution < 1.29 is 14.1 Å². The van der Waals surface area contributed by atoms with Crippen LogP contribution in [0.3, 0.4) is 0 Å². The SMILES string of the molecule is CCCc1oncc1C(=O)N1CCCC2(C1)C(=O)N(C)c1ccccc12. The van der Waals surface area contributed by atoms with Crippen LogP contribution in [0.15, 0.2) is 35.0 Å². The molecule has 0 aliphatic carbocycles. The maximum atomic E-state index is 13.1. The zero-order chi connectivity index (χ0) is 18.3. The zero-order valence-corrected chi connectivity index (χ0v) is 15.2. The summed E-state index contributed by atoms with van der Waals surface area (Å²) in [5.41, 5.74) is 1.87. The first-order valence-electron chi connectivity index (χ1n) is 9.19. The number of hydrogen-bond acceptors (Lipinski definition) is 4. The molecule has 0 radical (unpaired) electrons. The standard InChI is InChI=1S/C20H23N3O3/c1-3-7-17-14(12-21-26-17)18(24)23-11-6-10-20(13-23)15-8-4-5-9-16(15)22(2)19(20)25/h4-5,8-9,12H,3,6-7,10-11,13H2,1-2H3. The van der Waals surface area contributed by atoms with E-state index in [1.54, 1.807) is 9.80 Å². The van der Waals surface area contributed by atoms with E-state index in [-0.39, 0.29) is 11.8 Å². The molecule has 6 heteroatoms. The topological polar surface area (TPSA) is 66.7 Å². The van der Waals surface area contributed by atoms with Gasteiger partial charge in [0.1, 0.15) is 11.3 Å². The highest BCUT2D eigenvalue weighted by Crippen LogP contribution is 2.46. The van der Waals surface area contributed by atoms with Gasteiger partial charge >= 0.3 is 0 Å². The first kappa shape index (κ1) is 16.8. The summed E-state index contributed by atoms with van der Waals surface area (Å²) in [7, 11) is 1.82. The van der Waals surface area contributed by atoms with Crippen LogP contribution in [0.1, 0.15) is 47.9 Å². The number of hydrogen-bond donors (Lipinski definition) is 0. The lowest BCUT2D eigenvalue weighted by molar-refractivity contribution is -0.124. The van der Waals surface area contributed by atoms with Crippen molar-refractivity contribution in [2.75, 3.05) is 25.0 Å². The van der Waals surface area contributed by atoms with Gasteiger partial charge in [-0.05, 0) is 30.9 Å². The number of amides is 2. The quantitative estimate of drug-likeness (QED) is 0.851. The minimum Gasteiger partial charge on any atom is -0.361 e. The lowest BCUT2D eigenvalue weighted by atomic mass is 9.75. The molecule has 1 aromatic heterocycles. The number of anilines is 1. The molecule has 1 saturated heterocycles. The van der Waals surface area contributed by atoms with Crippen molar-refractivity contribution in [3.05, 3.63) is 47.3 Å². The summed E-state index contributed by atoms with van der Waals surface area (Å²) in [6.45, 7) is 3.09. The molecule has 26 heavy (non-hydrogen) atoms. The second-order valence-corrected chi connectivity index (χ2v) is 7.21. The van der Waals surface area contributed by atoms with Gasteiger partial charge in [-0.1, -0.05) is 30.3 Å². The Morgan fingerprint density at radius 1 is 1.35 bits per heavy atom. The lowest BCUT2D eigenvalue weighted by Crippen LogP contribution is -2.53. The van der Waals surface area contributed by atoms with E-state index in [0.717, 1.165) is 30.5 Å². The molecule has 1 aromatic carbocycles. The van der Waals surface area contributed by atoms with Crippen LogP contribution < -0.4 is 4.90 Å². The number of rotatable bonds is 3. The van der Waals surface area contributed by atoms with Gasteiger partial charge in [-0.15, -0.1) is 0 Å². The minimum atomic E-state index is -0.638. The van der Waals surface area contributed by atoms with E-state index in [0.29, 0.717) is 30.8 Å². The van der Waals surface area contributed by atoms with Gasteiger partial charge in [-0.25, -0.2) is 0 Å². The number of para-hydroxylation sites is 1. The van der Waals surface area contributed by atoms with Crippen molar-refractivity contribution in [2.24, 2.45) is 0 Å². The smallest absolute Gasteiger partial charge is 0.259 e. The van der Waals surface area contributed by atoms with E-state index in [4.69, 9.17) is 4.52 Å². The highest BCUT2D eigenvalue weighted by atomic mass is 16.5. The highest BCUT2D eigenvalue weighted by Gasteiger charge is 2.52. The van der Waals surface area contributed by atoms with Crippen LogP contribution in [0, 0.1) is 0 Å². The van der Waals surface area contributed by atoms with E-state index < -0.39 is 5.41 Å². The molecule has 1 fully saturated rings. The highest BCUT2D eigenvalue weighted by molar-refractivity contribution is 6.08. The molecule has 1 unspecified atom stereocenters. The summed E-state index contributed by atoms with van der Waals surface area (Å²) >= 11 is 0. The fourth-order valence-corrected chi connectivity index (χ4v) is 4.36. The Morgan fingerprint density at radius 2 is 2.15 bits per heavy atom. The second-order valence-electron chi connectivity index (χ2n) is 7.21. The summed E-state index contributed by atoms with van der Waals surface area (Å²) in [6.07, 6.45) is 4.64. The van der Waals surface area contributed by atoms with Crippen LogP contribution in [-0.2, 0) is 16.6 Å². The van der Waals surface area contributed by atoms with E-state index in [1.165, 1.54) is 6.20 Å². The number of piperidine rings is 1. The first-order valence-corrected chi connectivity index (χ1v) is 9.19. The summed E-state index contributed by atoms with van der Waals surface area (Å²) in [5, 5.41) is 3.81. The third-order valence-electron chi connectivity index (χ3n) is 5.63. The van der Waals surface area contributed by atoms with E-state index >= 15 is 0 Å². The number of likely N-dealkylation sites (N-methyl/N-ethyl adjacent to an activating group) is 1. The number of nitrogens with zero attached hydrogens (tertiary/aromatic N) is 3. The average molecular weight is 353 g/mol. The van der Waals surface area contributed by atoms with Crippen molar-refractivity contribution in [1.82, 2.24) is 10.1 Å². The summed E-state index contributed by atoms with van der Waals surface area (Å²) in [4.78, 5) is 29.7. The molecule has 2 aromatic rings. The second kappa shape index (κ2) is 6.27. The maximum Gasteiger partial charge on any atom is 0.259 e. The lowest BCUT2D eigenvalue weighted by Gasteiger charge is -2.39. The largest absolute Gasteiger partial charge is 0.361 e. The first-order chi connectivity index (χ1) is 12.6. The molecule has 136 valence electrons. The third-order valence-corrected chi connectivity index (χ3v) is 5.63. The molecule has 1 atom stereocenters. The molecule has 3 heterocycles. The molecule has 6 nitrogen and oxygen atoms in total. The van der Waals surface area contributed by atoms with Gasteiger partial charge in [0.15, 0.2) is 0 Å². The molecule has 0 saturated carbocycles. The van der Waals surface area contributed by atoms with Crippen molar-refractivity contribution in [2.45, 2.75) is 38.0 Å². The Morgan fingerprint density at radius 3 is 2.96 bits per heavy atom. The minimum absolute atomic E-state index is 0.0790. The molecule has 4 rings (SSSR count). The Kier molecular flexibility index (Phi) is 4.05. The van der Waals surface area contributed by atoms with Crippen LogP contribution in [0.25, 0.3) is 0 Å². The monoisotopic (exact) mass is 353 g/mol. The van der Waals surface area contributed by atoms with Gasteiger partial charge in [0.2, 0.25) is 5.91 Å². The Balaban J connectivity index is 1.67. The number of carbonyl (C=O) groups excluding carboxylic acids is 2. The fraction of sp³-hybridized carbons (Fsp3) is 0.450. The van der Waals surface area contributed by atoms with Gasteiger partial charge in [0.05, 0.1) is 11.6 Å². The molecular weight excluding hydrogens is 330 g/mol. The summed E-state index contributed by atoms with van der Waals surface area (Å²) < 4.78 is 5.26. The predicted molar refractivity (Wildman–Crippen MR) is 97.2 cm³/mol. The average Bonchev–Trinajstić information content (AvgIpc) is 3.21. The Hall–Kier alpha value is -2.63. The van der Waals surface area contributed by atoms with E-state index in [9.17, 15) is 9.59 Å². The number of aromatic nitrogens is 1. The van der Waals surface area contributed by atoms with Gasteiger partial charge in [0.25, 0.3) is 5.91 Å². The molecule has 0 bridgehead atoms. The number of likely N-dealkylation sites (tertiary alicyclic amines) is 1. The van der Waals surface area contributed by atoms with Crippen LogP contribution in [-0.4, -0.2) is 42.0 Å². The summed E-state index contributed by atoms with van der Waals surface area (Å²) in [6, 6.07) is 7.91. The predicted octanol–water partition coefficient (Wildman–Crippen LogP) is 2.78. The van der Waals surface area contributed by atoms with E-state index in [2.05, 4.69) is 5.16 Å². The number of aryl methyl sites for hydroxylation is 1. The van der Waals surface area contributed by atoms with E-state index in [1.807, 2.05) is 38.2 Å². The normalized spacial score (nSPS) is 22.2. The molecule has 2 aliphatic heterocycles. The zero-order valence-electron chi connectivity index (χ0n) is 15.2. The molecule has 2 aliphatic rings. The van der Waals surface area contributed by atoms with Crippen LogP contribution >= 0.6 is 0 Å². The molecule has 2 amide bonds. The van der Waals surface area contributed by atoms with Crippen LogP contribution in [0.2, 0.25) is 0 Å². The number of fused-ring (bicyclic) bond motifs is 2. The maximum absolute atomic E-state index is 13.1. The number of benzene rings is 1. The van der Waals surface area contributed by atoms with Crippen molar-refractivity contribution in [3.8, 4) is 0 Å². The van der Waals surface area contributed by atoms with Crippen LogP contribution in [0.5, 0.6) is 0 Å². The third kappa shape index (κ3) is 2.35. The van der Waals surface area contributed by atoms with Gasteiger partial charge in [-0.3, -0.25) is 9.59 Å². The molecular formula is C20H23N3O3. The summed E-state index contributed by atoms with van der Waals surface area (Å²) in [5.74, 6) is 0.622. The van der Waals surface area contributed by atoms with Gasteiger partial charge in [-0.2, -0.15) is 0 Å².